The largest absolute Gasteiger partial charge is 0.187 e. The Bertz CT molecular complexity index is 222. The summed E-state index contributed by atoms with van der Waals surface area (Å²) in [6, 6.07) is 8.72. The summed E-state index contributed by atoms with van der Waals surface area (Å²) in [4.78, 5) is 0. The van der Waals surface area contributed by atoms with E-state index in [0.717, 1.165) is 0 Å². The first kappa shape index (κ1) is 6.74. The van der Waals surface area contributed by atoms with Crippen LogP contribution in [0, 0.1) is 0 Å². The molecule has 1 aromatic carbocycles. The Morgan fingerprint density at radius 1 is 1.10 bits per heavy atom. The van der Waals surface area contributed by atoms with Gasteiger partial charge in [-0.1, -0.05) is 24.3 Å². The van der Waals surface area contributed by atoms with E-state index >= 15 is 0 Å². The predicted molar refractivity (Wildman–Crippen MR) is 51.8 cm³/mol. The molecule has 2 rings (SSSR count). The van der Waals surface area contributed by atoms with E-state index in [1.165, 1.54) is 11.5 Å². The maximum Gasteiger partial charge on any atom is 0.00958 e. The van der Waals surface area contributed by atoms with Gasteiger partial charge in [-0.05, 0) is 25.9 Å². The van der Waals surface area contributed by atoms with Gasteiger partial charge in [0.15, 0.2) is 0 Å². The van der Waals surface area contributed by atoms with Crippen molar-refractivity contribution in [3.8, 4) is 0 Å². The Morgan fingerprint density at radius 2 is 1.60 bits per heavy atom. The van der Waals surface area contributed by atoms with Crippen LogP contribution in [0.25, 0.3) is 0 Å². The molecule has 0 unspecified atom stereocenters. The van der Waals surface area contributed by atoms with E-state index in [0.29, 0.717) is 0 Å². The maximum absolute atomic E-state index is 3.68. The number of fused-ring (bicyclic) bond motifs is 1. The molecule has 0 saturated heterocycles. The maximum atomic E-state index is 3.68. The summed E-state index contributed by atoms with van der Waals surface area (Å²) >= 11 is 3.68. The van der Waals surface area contributed by atoms with Gasteiger partial charge in [0.1, 0.15) is 0 Å². The molecule has 0 N–H and O–H groups in total. The first-order valence-corrected chi connectivity index (χ1v) is 7.07. The SMILES string of the molecule is Br[SH]1Cc2ccccc2C1. The normalized spacial score (nSPS) is 19.1. The van der Waals surface area contributed by atoms with Crippen molar-refractivity contribution in [3.63, 3.8) is 0 Å². The zero-order valence-corrected chi connectivity index (χ0v) is 8.03. The van der Waals surface area contributed by atoms with Gasteiger partial charge < -0.3 is 0 Å². The minimum atomic E-state index is 0.121. The van der Waals surface area contributed by atoms with Gasteiger partial charge in [-0.25, -0.2) is 0 Å². The van der Waals surface area contributed by atoms with Gasteiger partial charge in [-0.2, -0.15) is 9.33 Å². The lowest BCUT2D eigenvalue weighted by atomic mass is 10.1. The third-order valence-corrected chi connectivity index (χ3v) is 4.67. The fourth-order valence-corrected chi connectivity index (χ4v) is 4.38. The summed E-state index contributed by atoms with van der Waals surface area (Å²) in [6.07, 6.45) is 0. The van der Waals surface area contributed by atoms with Crippen LogP contribution in [-0.4, -0.2) is 0 Å². The summed E-state index contributed by atoms with van der Waals surface area (Å²) in [5, 5.41) is 0. The Hall–Kier alpha value is 0.0500. The molecule has 0 spiro atoms. The van der Waals surface area contributed by atoms with Crippen molar-refractivity contribution in [1.82, 2.24) is 0 Å². The van der Waals surface area contributed by atoms with E-state index in [9.17, 15) is 0 Å². The van der Waals surface area contributed by atoms with Crippen molar-refractivity contribution in [2.75, 3.05) is 0 Å². The Balaban J connectivity index is 2.42. The van der Waals surface area contributed by atoms with Crippen LogP contribution in [0.5, 0.6) is 0 Å². The zero-order chi connectivity index (χ0) is 6.97. The summed E-state index contributed by atoms with van der Waals surface area (Å²) in [5.41, 5.74) is 3.09. The standard InChI is InChI=1S/C8H9BrS/c9-10-5-7-3-1-2-4-8(7)6-10/h1-4,10H,5-6H2. The van der Waals surface area contributed by atoms with E-state index in [4.69, 9.17) is 0 Å². The molecule has 0 bridgehead atoms. The summed E-state index contributed by atoms with van der Waals surface area (Å²) < 4.78 is 0. The molecule has 1 aromatic rings. The third kappa shape index (κ3) is 1.10. The van der Waals surface area contributed by atoms with Gasteiger partial charge in [0.25, 0.3) is 0 Å². The van der Waals surface area contributed by atoms with Gasteiger partial charge in [0.05, 0.1) is 0 Å². The number of hydrogen-bond donors (Lipinski definition) is 1. The molecule has 0 saturated carbocycles. The highest BCUT2D eigenvalue weighted by atomic mass is 79.9. The van der Waals surface area contributed by atoms with Crippen LogP contribution < -0.4 is 0 Å². The fraction of sp³-hybridized carbons (Fsp3) is 0.250. The Morgan fingerprint density at radius 3 is 2.10 bits per heavy atom. The van der Waals surface area contributed by atoms with E-state index in [-0.39, 0.29) is 9.33 Å². The van der Waals surface area contributed by atoms with Gasteiger partial charge in [0, 0.05) is 11.5 Å². The van der Waals surface area contributed by atoms with Crippen LogP contribution in [0.1, 0.15) is 11.1 Å². The van der Waals surface area contributed by atoms with Crippen molar-refractivity contribution in [3.05, 3.63) is 35.4 Å². The second-order valence-electron chi connectivity index (χ2n) is 2.55. The Kier molecular flexibility index (Phi) is 1.75. The topological polar surface area (TPSA) is 0 Å². The number of thiol groups is 1. The molecule has 54 valence electrons. The second kappa shape index (κ2) is 2.59. The molecule has 10 heavy (non-hydrogen) atoms. The number of benzene rings is 1. The molecule has 2 heteroatoms. The minimum Gasteiger partial charge on any atom is -0.187 e. The molecule has 0 nitrogen and oxygen atoms in total. The van der Waals surface area contributed by atoms with Crippen molar-refractivity contribution in [1.29, 1.82) is 0 Å². The van der Waals surface area contributed by atoms with Crippen LogP contribution in [0.3, 0.4) is 0 Å². The van der Waals surface area contributed by atoms with Crippen LogP contribution in [0.2, 0.25) is 0 Å². The van der Waals surface area contributed by atoms with E-state index < -0.39 is 0 Å². The quantitative estimate of drug-likeness (QED) is 0.634. The Labute approximate surface area is 71.2 Å². The molecule has 0 atom stereocenters. The lowest BCUT2D eigenvalue weighted by Crippen LogP contribution is -1.77. The average molecular weight is 217 g/mol. The lowest BCUT2D eigenvalue weighted by molar-refractivity contribution is 1.35. The molecule has 0 aliphatic carbocycles. The van der Waals surface area contributed by atoms with E-state index in [2.05, 4.69) is 39.1 Å². The summed E-state index contributed by atoms with van der Waals surface area (Å²) in [7, 11) is 0.121. The molecular weight excluding hydrogens is 208 g/mol. The highest BCUT2D eigenvalue weighted by Gasteiger charge is 2.14. The molecule has 1 aliphatic heterocycles. The summed E-state index contributed by atoms with van der Waals surface area (Å²) in [6.45, 7) is 0. The van der Waals surface area contributed by atoms with Crippen molar-refractivity contribution >= 4 is 24.1 Å². The zero-order valence-electron chi connectivity index (χ0n) is 5.55. The smallest absolute Gasteiger partial charge is 0.00958 e. The average Bonchev–Trinajstić information content (AvgIpc) is 2.27. The lowest BCUT2D eigenvalue weighted by Gasteiger charge is -1.98. The predicted octanol–water partition coefficient (Wildman–Crippen LogP) is 3.01. The van der Waals surface area contributed by atoms with Crippen LogP contribution in [-0.2, 0) is 11.5 Å². The van der Waals surface area contributed by atoms with Gasteiger partial charge in [-0.3, -0.25) is 0 Å². The van der Waals surface area contributed by atoms with Crippen LogP contribution >= 0.6 is 24.1 Å². The number of rotatable bonds is 0. The fourth-order valence-electron chi connectivity index (χ4n) is 1.29. The first-order chi connectivity index (χ1) is 4.86. The van der Waals surface area contributed by atoms with Crippen molar-refractivity contribution in [2.24, 2.45) is 0 Å². The van der Waals surface area contributed by atoms with Gasteiger partial charge >= 0.3 is 0 Å². The molecule has 0 amide bonds. The third-order valence-electron chi connectivity index (χ3n) is 1.80. The highest BCUT2D eigenvalue weighted by Crippen LogP contribution is 2.47. The van der Waals surface area contributed by atoms with Crippen molar-refractivity contribution < 1.29 is 0 Å². The van der Waals surface area contributed by atoms with Crippen molar-refractivity contribution in [2.45, 2.75) is 11.5 Å². The second-order valence-corrected chi connectivity index (χ2v) is 7.11. The van der Waals surface area contributed by atoms with Crippen LogP contribution in [0.15, 0.2) is 24.3 Å². The molecule has 0 aromatic heterocycles. The van der Waals surface area contributed by atoms with Crippen LogP contribution in [0.4, 0.5) is 0 Å². The van der Waals surface area contributed by atoms with Gasteiger partial charge in [0.2, 0.25) is 0 Å². The first-order valence-electron chi connectivity index (χ1n) is 3.34. The molecule has 0 radical (unpaired) electrons. The number of hydrogen-bond acceptors (Lipinski definition) is 0. The van der Waals surface area contributed by atoms with E-state index in [1.807, 2.05) is 0 Å². The number of halogens is 1. The highest BCUT2D eigenvalue weighted by molar-refractivity contribution is 9.53. The molecule has 1 heterocycles. The van der Waals surface area contributed by atoms with Gasteiger partial charge in [-0.15, -0.1) is 0 Å². The molecule has 1 aliphatic rings. The molecule has 0 fully saturated rings. The van der Waals surface area contributed by atoms with E-state index in [1.54, 1.807) is 11.1 Å². The minimum absolute atomic E-state index is 0.121. The monoisotopic (exact) mass is 216 g/mol. The molecular formula is C8H9BrS. The summed E-state index contributed by atoms with van der Waals surface area (Å²) in [5.74, 6) is 2.54.